The van der Waals surface area contributed by atoms with Crippen LogP contribution < -0.4 is 5.32 Å². The van der Waals surface area contributed by atoms with Gasteiger partial charge in [0, 0.05) is 24.4 Å². The van der Waals surface area contributed by atoms with Crippen molar-refractivity contribution in [1.82, 2.24) is 15.1 Å². The Bertz CT molecular complexity index is 1110. The number of thioether (sulfide) groups is 1. The van der Waals surface area contributed by atoms with Crippen LogP contribution in [-0.2, 0) is 19.2 Å². The molecular formula is C23H26FN3O8S. The van der Waals surface area contributed by atoms with Crippen LogP contribution in [0.15, 0.2) is 35.4 Å². The molecule has 4 heterocycles. The van der Waals surface area contributed by atoms with E-state index in [-0.39, 0.29) is 16.5 Å². The number of nitrogens with one attached hydrogen (secondary N) is 1. The standard InChI is InChI=1S/C23H26FN3O8S/c24-14-4-2-1-3-13(14)20-27(18(21(31)32)23(35,22(33)34)9-17(28)29)11-16(36-20)19(30)25-15-10-26-7-5-12(15)6-8-26/h1-4,11-12,15,18,20,35H,5-10H2,(H,25,30)(H,28,29)(H,31,32)(H,33,34)/t15-,18?,20?,23?/m0/s1. The van der Waals surface area contributed by atoms with Crippen LogP contribution in [0.1, 0.15) is 30.2 Å². The van der Waals surface area contributed by atoms with E-state index in [2.05, 4.69) is 10.2 Å². The van der Waals surface area contributed by atoms with Crippen LogP contribution in [0, 0.1) is 11.7 Å². The van der Waals surface area contributed by atoms with Crippen molar-refractivity contribution in [3.63, 3.8) is 0 Å². The molecule has 11 nitrogen and oxygen atoms in total. The molecule has 13 heteroatoms. The van der Waals surface area contributed by atoms with Gasteiger partial charge in [0.15, 0.2) is 6.04 Å². The lowest BCUT2D eigenvalue weighted by molar-refractivity contribution is -0.180. The van der Waals surface area contributed by atoms with E-state index in [0.29, 0.717) is 12.5 Å². The third kappa shape index (κ3) is 4.90. The molecule has 5 N–H and O–H groups in total. The first-order valence-corrected chi connectivity index (χ1v) is 12.2. The molecule has 1 amide bonds. The number of carboxylic acid groups (broad SMARTS) is 3. The number of nitrogens with zero attached hydrogens (tertiary/aromatic N) is 2. The second kappa shape index (κ2) is 10.1. The van der Waals surface area contributed by atoms with Crippen molar-refractivity contribution in [2.24, 2.45) is 5.92 Å². The fraction of sp³-hybridized carbons (Fsp3) is 0.478. The van der Waals surface area contributed by atoms with Crippen molar-refractivity contribution >= 4 is 35.6 Å². The molecule has 1 aromatic carbocycles. The monoisotopic (exact) mass is 523 g/mol. The number of amides is 1. The first-order valence-electron chi connectivity index (χ1n) is 11.3. The molecule has 194 valence electrons. The van der Waals surface area contributed by atoms with Gasteiger partial charge in [-0.2, -0.15) is 0 Å². The number of aliphatic hydroxyl groups is 1. The second-order valence-corrected chi connectivity index (χ2v) is 10.3. The molecule has 1 aromatic rings. The number of carbonyl (C=O) groups is 4. The average molecular weight is 524 g/mol. The van der Waals surface area contributed by atoms with Gasteiger partial charge in [-0.15, -0.1) is 0 Å². The number of halogens is 1. The van der Waals surface area contributed by atoms with Crippen molar-refractivity contribution in [3.05, 3.63) is 46.8 Å². The Morgan fingerprint density at radius 2 is 1.81 bits per heavy atom. The summed E-state index contributed by atoms with van der Waals surface area (Å²) in [5.41, 5.74) is -3.33. The zero-order valence-corrected chi connectivity index (χ0v) is 19.9. The van der Waals surface area contributed by atoms with Crippen molar-refractivity contribution in [2.75, 3.05) is 19.6 Å². The van der Waals surface area contributed by atoms with Crippen molar-refractivity contribution in [3.8, 4) is 0 Å². The highest BCUT2D eigenvalue weighted by molar-refractivity contribution is 8.04. The van der Waals surface area contributed by atoms with E-state index in [1.165, 1.54) is 18.2 Å². The first-order chi connectivity index (χ1) is 17.0. The van der Waals surface area contributed by atoms with Gasteiger partial charge in [-0.05, 0) is 37.9 Å². The molecule has 5 rings (SSSR count). The van der Waals surface area contributed by atoms with Gasteiger partial charge in [-0.1, -0.05) is 30.0 Å². The van der Waals surface area contributed by atoms with Crippen LogP contribution in [0.4, 0.5) is 4.39 Å². The van der Waals surface area contributed by atoms with Crippen molar-refractivity contribution < 1.29 is 44.0 Å². The Hall–Kier alpha value is -3.16. The van der Waals surface area contributed by atoms with Crippen LogP contribution in [-0.4, -0.2) is 91.4 Å². The predicted molar refractivity (Wildman–Crippen MR) is 124 cm³/mol. The molecule has 3 fully saturated rings. The minimum Gasteiger partial charge on any atom is -0.481 e. The second-order valence-electron chi connectivity index (χ2n) is 9.19. The number of carbonyl (C=O) groups excluding carboxylic acids is 1. The molecule has 3 unspecified atom stereocenters. The summed E-state index contributed by atoms with van der Waals surface area (Å²) in [5.74, 6) is -6.65. The van der Waals surface area contributed by atoms with Crippen LogP contribution >= 0.6 is 11.8 Å². The smallest absolute Gasteiger partial charge is 0.339 e. The highest BCUT2D eigenvalue weighted by Gasteiger charge is 2.55. The average Bonchev–Trinajstić information content (AvgIpc) is 3.24. The van der Waals surface area contributed by atoms with E-state index in [1.54, 1.807) is 0 Å². The Kier molecular flexibility index (Phi) is 7.25. The molecule has 0 spiro atoms. The summed E-state index contributed by atoms with van der Waals surface area (Å²) in [4.78, 5) is 51.8. The highest BCUT2D eigenvalue weighted by atomic mass is 32.2. The Labute approximate surface area is 209 Å². The molecule has 4 aliphatic rings. The highest BCUT2D eigenvalue weighted by Crippen LogP contribution is 2.47. The van der Waals surface area contributed by atoms with E-state index >= 15 is 0 Å². The molecular weight excluding hydrogens is 497 g/mol. The van der Waals surface area contributed by atoms with Gasteiger partial charge in [0.25, 0.3) is 5.91 Å². The maximum Gasteiger partial charge on any atom is 0.339 e. The van der Waals surface area contributed by atoms with Crippen molar-refractivity contribution in [2.45, 2.75) is 42.3 Å². The lowest BCUT2D eigenvalue weighted by atomic mass is 9.84. The third-order valence-electron chi connectivity index (χ3n) is 6.92. The quantitative estimate of drug-likeness (QED) is 0.308. The predicted octanol–water partition coefficient (Wildman–Crippen LogP) is 0.669. The van der Waals surface area contributed by atoms with E-state index in [4.69, 9.17) is 0 Å². The number of hydrogen-bond acceptors (Lipinski definition) is 8. The van der Waals surface area contributed by atoms with Gasteiger partial charge < -0.3 is 35.5 Å². The largest absolute Gasteiger partial charge is 0.481 e. The van der Waals surface area contributed by atoms with Gasteiger partial charge in [-0.3, -0.25) is 9.59 Å². The van der Waals surface area contributed by atoms with Crippen LogP contribution in [0.25, 0.3) is 0 Å². The summed E-state index contributed by atoms with van der Waals surface area (Å²) in [7, 11) is 0. The molecule has 36 heavy (non-hydrogen) atoms. The summed E-state index contributed by atoms with van der Waals surface area (Å²) in [5, 5.41) is 41.3. The zero-order valence-electron chi connectivity index (χ0n) is 19.0. The fourth-order valence-corrected chi connectivity index (χ4v) is 6.31. The first kappa shape index (κ1) is 25.9. The Morgan fingerprint density at radius 1 is 1.14 bits per heavy atom. The van der Waals surface area contributed by atoms with Gasteiger partial charge >= 0.3 is 17.9 Å². The molecule has 4 atom stereocenters. The lowest BCUT2D eigenvalue weighted by Crippen LogP contribution is -2.60. The topological polar surface area (TPSA) is 168 Å². The molecule has 0 aliphatic carbocycles. The number of carboxylic acids is 3. The minimum absolute atomic E-state index is 0.00554. The van der Waals surface area contributed by atoms with Gasteiger partial charge in [0.2, 0.25) is 5.60 Å². The van der Waals surface area contributed by atoms with Gasteiger partial charge in [0.1, 0.15) is 11.2 Å². The molecule has 2 bridgehead atoms. The maximum absolute atomic E-state index is 14.8. The molecule has 4 aliphatic heterocycles. The summed E-state index contributed by atoms with van der Waals surface area (Å²) >= 11 is 0.802. The van der Waals surface area contributed by atoms with Crippen molar-refractivity contribution in [1.29, 1.82) is 0 Å². The van der Waals surface area contributed by atoms with Crippen LogP contribution in [0.5, 0.6) is 0 Å². The number of aliphatic carboxylic acids is 3. The van der Waals surface area contributed by atoms with Crippen LogP contribution in [0.3, 0.4) is 0 Å². The number of benzene rings is 1. The number of rotatable bonds is 9. The number of fused-ring (bicyclic) bond motifs is 3. The minimum atomic E-state index is -3.28. The Balaban J connectivity index is 1.70. The molecule has 0 radical (unpaired) electrons. The van der Waals surface area contributed by atoms with Gasteiger partial charge in [-0.25, -0.2) is 14.0 Å². The Morgan fingerprint density at radius 3 is 2.33 bits per heavy atom. The summed E-state index contributed by atoms with van der Waals surface area (Å²) in [6, 6.07) is 2.89. The van der Waals surface area contributed by atoms with Crippen LogP contribution in [0.2, 0.25) is 0 Å². The normalized spacial score (nSPS) is 27.6. The SMILES string of the molecule is O=C(O)CC(O)(C(=O)O)C(C(=O)O)N1C=C(C(=O)N[C@H]2CN3CCC2CC3)SC1c1ccccc1F. The summed E-state index contributed by atoms with van der Waals surface area (Å²) in [6.07, 6.45) is 1.50. The van der Waals surface area contributed by atoms with E-state index in [1.807, 2.05) is 0 Å². The lowest BCUT2D eigenvalue weighted by Gasteiger charge is -2.44. The third-order valence-corrected chi connectivity index (χ3v) is 8.18. The fourth-order valence-electron chi connectivity index (χ4n) is 5.10. The van der Waals surface area contributed by atoms with E-state index < -0.39 is 53.1 Å². The molecule has 0 aromatic heterocycles. The van der Waals surface area contributed by atoms with E-state index in [9.17, 15) is 44.0 Å². The number of hydrogen-bond donors (Lipinski definition) is 5. The molecule has 0 saturated carbocycles. The van der Waals surface area contributed by atoms with E-state index in [0.717, 1.165) is 54.9 Å². The summed E-state index contributed by atoms with van der Waals surface area (Å²) in [6.45, 7) is 2.58. The zero-order chi connectivity index (χ0) is 26.2. The van der Waals surface area contributed by atoms with Gasteiger partial charge in [0.05, 0.1) is 11.3 Å². The maximum atomic E-state index is 14.8. The summed E-state index contributed by atoms with van der Waals surface area (Å²) < 4.78 is 14.8. The number of piperidine rings is 3. The molecule has 3 saturated heterocycles.